The van der Waals surface area contributed by atoms with Gasteiger partial charge < -0.3 is 9.26 Å². The van der Waals surface area contributed by atoms with E-state index in [1.54, 1.807) is 12.1 Å². The predicted octanol–water partition coefficient (Wildman–Crippen LogP) is 4.22. The minimum Gasteiger partial charge on any atom is -0.484 e. The summed E-state index contributed by atoms with van der Waals surface area (Å²) >= 11 is 3.39. The molecule has 0 unspecified atom stereocenters. The topological polar surface area (TPSA) is 48.2 Å². The second-order valence-corrected chi connectivity index (χ2v) is 5.10. The third-order valence-electron chi connectivity index (χ3n) is 2.75. The van der Waals surface area contributed by atoms with Crippen LogP contribution in [0.1, 0.15) is 5.82 Å². The number of para-hydroxylation sites is 1. The summed E-state index contributed by atoms with van der Waals surface area (Å²) in [7, 11) is 0. The maximum atomic E-state index is 12.9. The molecule has 0 fully saturated rings. The molecule has 0 saturated carbocycles. The molecule has 1 aromatic heterocycles. The fraction of sp³-hybridized carbons (Fsp3) is 0.0667. The smallest absolute Gasteiger partial charge is 0.258 e. The Bertz CT molecular complexity index is 743. The largest absolute Gasteiger partial charge is 0.484 e. The summed E-state index contributed by atoms with van der Waals surface area (Å²) in [5.74, 6) is 1.15. The number of hydrogen-bond acceptors (Lipinski definition) is 4. The van der Waals surface area contributed by atoms with E-state index in [4.69, 9.17) is 9.26 Å². The van der Waals surface area contributed by atoms with Gasteiger partial charge in [0.25, 0.3) is 5.89 Å². The van der Waals surface area contributed by atoms with Crippen molar-refractivity contribution >= 4 is 15.9 Å². The number of halogens is 2. The lowest BCUT2D eigenvalue weighted by atomic mass is 10.2. The summed E-state index contributed by atoms with van der Waals surface area (Å²) in [6.45, 7) is 0.188. The van der Waals surface area contributed by atoms with Gasteiger partial charge in [-0.05, 0) is 52.3 Å². The molecule has 6 heteroatoms. The third kappa shape index (κ3) is 3.28. The van der Waals surface area contributed by atoms with Crippen molar-refractivity contribution < 1.29 is 13.7 Å². The number of rotatable bonds is 4. The average molecular weight is 349 g/mol. The van der Waals surface area contributed by atoms with E-state index < -0.39 is 0 Å². The van der Waals surface area contributed by atoms with E-state index in [1.807, 2.05) is 24.3 Å². The Morgan fingerprint density at radius 1 is 1.10 bits per heavy atom. The van der Waals surface area contributed by atoms with Crippen LogP contribution in [0.3, 0.4) is 0 Å². The Morgan fingerprint density at radius 3 is 2.62 bits per heavy atom. The number of nitrogens with zero attached hydrogens (tertiary/aromatic N) is 2. The average Bonchev–Trinajstić information content (AvgIpc) is 2.96. The van der Waals surface area contributed by atoms with Gasteiger partial charge in [0.15, 0.2) is 6.61 Å². The van der Waals surface area contributed by atoms with Gasteiger partial charge in [0.2, 0.25) is 5.82 Å². The quantitative estimate of drug-likeness (QED) is 0.708. The van der Waals surface area contributed by atoms with Crippen LogP contribution in [-0.2, 0) is 6.61 Å². The molecule has 0 spiro atoms. The molecule has 0 atom stereocenters. The van der Waals surface area contributed by atoms with Crippen LogP contribution in [0.5, 0.6) is 5.75 Å². The Balaban J connectivity index is 1.71. The first kappa shape index (κ1) is 13.8. The minimum absolute atomic E-state index is 0.188. The number of aromatic nitrogens is 2. The van der Waals surface area contributed by atoms with Crippen molar-refractivity contribution in [3.63, 3.8) is 0 Å². The molecule has 0 saturated heterocycles. The number of ether oxygens (including phenoxy) is 1. The van der Waals surface area contributed by atoms with Crippen molar-refractivity contribution in [3.8, 4) is 17.2 Å². The van der Waals surface area contributed by atoms with E-state index in [9.17, 15) is 4.39 Å². The van der Waals surface area contributed by atoms with Crippen molar-refractivity contribution in [2.24, 2.45) is 0 Å². The Hall–Kier alpha value is -2.21. The number of benzene rings is 2. The molecule has 0 aliphatic rings. The Kier molecular flexibility index (Phi) is 3.96. The van der Waals surface area contributed by atoms with E-state index in [1.165, 1.54) is 12.1 Å². The summed E-state index contributed by atoms with van der Waals surface area (Å²) < 4.78 is 24.4. The van der Waals surface area contributed by atoms with Gasteiger partial charge in [-0.25, -0.2) is 4.39 Å². The summed E-state index contributed by atoms with van der Waals surface area (Å²) in [5, 5.41) is 3.84. The van der Waals surface area contributed by atoms with Crippen LogP contribution in [0.25, 0.3) is 11.5 Å². The van der Waals surface area contributed by atoms with E-state index in [-0.39, 0.29) is 12.4 Å². The molecule has 0 amide bonds. The Morgan fingerprint density at radius 2 is 1.86 bits per heavy atom. The van der Waals surface area contributed by atoms with Gasteiger partial charge in [-0.1, -0.05) is 17.3 Å². The molecule has 0 radical (unpaired) electrons. The molecule has 21 heavy (non-hydrogen) atoms. The van der Waals surface area contributed by atoms with Gasteiger partial charge in [0.1, 0.15) is 11.6 Å². The minimum atomic E-state index is -0.309. The summed E-state index contributed by atoms with van der Waals surface area (Å²) in [6, 6.07) is 13.4. The molecule has 2 aromatic carbocycles. The van der Waals surface area contributed by atoms with Crippen LogP contribution in [0.15, 0.2) is 57.5 Å². The molecular weight excluding hydrogens is 339 g/mol. The van der Waals surface area contributed by atoms with Crippen LogP contribution < -0.4 is 4.74 Å². The third-order valence-corrected chi connectivity index (χ3v) is 3.41. The zero-order valence-corrected chi connectivity index (χ0v) is 12.4. The van der Waals surface area contributed by atoms with Gasteiger partial charge in [-0.15, -0.1) is 0 Å². The van der Waals surface area contributed by atoms with Crippen LogP contribution in [0.4, 0.5) is 4.39 Å². The zero-order chi connectivity index (χ0) is 14.7. The van der Waals surface area contributed by atoms with Crippen LogP contribution in [0.2, 0.25) is 0 Å². The first-order valence-corrected chi connectivity index (χ1v) is 6.97. The first-order valence-electron chi connectivity index (χ1n) is 6.18. The summed E-state index contributed by atoms with van der Waals surface area (Å²) in [4.78, 5) is 4.21. The molecule has 0 aliphatic carbocycles. The highest BCUT2D eigenvalue weighted by atomic mass is 79.9. The fourth-order valence-electron chi connectivity index (χ4n) is 1.73. The van der Waals surface area contributed by atoms with Crippen LogP contribution in [-0.4, -0.2) is 10.1 Å². The van der Waals surface area contributed by atoms with Crippen molar-refractivity contribution in [2.75, 3.05) is 0 Å². The molecule has 1 heterocycles. The molecule has 3 aromatic rings. The zero-order valence-electron chi connectivity index (χ0n) is 10.8. The lowest BCUT2D eigenvalue weighted by Crippen LogP contribution is -1.97. The van der Waals surface area contributed by atoms with Gasteiger partial charge >= 0.3 is 0 Å². The van der Waals surface area contributed by atoms with Crippen molar-refractivity contribution in [1.29, 1.82) is 0 Å². The van der Waals surface area contributed by atoms with Gasteiger partial charge in [0, 0.05) is 5.56 Å². The lowest BCUT2D eigenvalue weighted by Gasteiger charge is -2.04. The first-order chi connectivity index (χ1) is 10.2. The van der Waals surface area contributed by atoms with E-state index >= 15 is 0 Å². The summed E-state index contributed by atoms with van der Waals surface area (Å²) in [6.07, 6.45) is 0. The van der Waals surface area contributed by atoms with Crippen molar-refractivity contribution in [3.05, 3.63) is 64.6 Å². The van der Waals surface area contributed by atoms with Gasteiger partial charge in [-0.2, -0.15) is 4.98 Å². The van der Waals surface area contributed by atoms with Crippen LogP contribution >= 0.6 is 15.9 Å². The highest BCUT2D eigenvalue weighted by Crippen LogP contribution is 2.24. The van der Waals surface area contributed by atoms with E-state index in [0.717, 1.165) is 4.47 Å². The molecular formula is C15H10BrFN2O2. The molecule has 0 bridgehead atoms. The maximum absolute atomic E-state index is 12.9. The molecule has 3 rings (SSSR count). The molecule has 106 valence electrons. The van der Waals surface area contributed by atoms with Crippen LogP contribution in [0, 0.1) is 5.82 Å². The van der Waals surface area contributed by atoms with Crippen molar-refractivity contribution in [2.45, 2.75) is 6.61 Å². The fourth-order valence-corrected chi connectivity index (χ4v) is 2.13. The second-order valence-electron chi connectivity index (χ2n) is 4.24. The van der Waals surface area contributed by atoms with Gasteiger partial charge in [0.05, 0.1) is 4.47 Å². The highest BCUT2D eigenvalue weighted by molar-refractivity contribution is 9.10. The SMILES string of the molecule is Fc1ccc(-c2nc(COc3ccccc3Br)no2)cc1. The molecule has 0 N–H and O–H groups in total. The lowest BCUT2D eigenvalue weighted by molar-refractivity contribution is 0.285. The monoisotopic (exact) mass is 348 g/mol. The standard InChI is InChI=1S/C15H10BrFN2O2/c16-12-3-1-2-4-13(12)20-9-14-18-15(21-19-14)10-5-7-11(17)8-6-10/h1-8H,9H2. The number of hydrogen-bond donors (Lipinski definition) is 0. The van der Waals surface area contributed by atoms with Gasteiger partial charge in [-0.3, -0.25) is 0 Å². The normalized spacial score (nSPS) is 10.6. The van der Waals surface area contributed by atoms with Crippen molar-refractivity contribution in [1.82, 2.24) is 10.1 Å². The second kappa shape index (κ2) is 6.05. The maximum Gasteiger partial charge on any atom is 0.258 e. The predicted molar refractivity (Wildman–Crippen MR) is 78.2 cm³/mol. The summed E-state index contributed by atoms with van der Waals surface area (Å²) in [5.41, 5.74) is 0.663. The van der Waals surface area contributed by atoms with E-state index in [0.29, 0.717) is 23.0 Å². The van der Waals surface area contributed by atoms with E-state index in [2.05, 4.69) is 26.1 Å². The molecule has 0 aliphatic heterocycles. The molecule has 4 nitrogen and oxygen atoms in total. The highest BCUT2D eigenvalue weighted by Gasteiger charge is 2.10. The Labute approximate surface area is 128 Å².